The fourth-order valence-electron chi connectivity index (χ4n) is 3.23. The maximum absolute atomic E-state index is 13.0. The predicted octanol–water partition coefficient (Wildman–Crippen LogP) is 3.01. The van der Waals surface area contributed by atoms with Crippen molar-refractivity contribution in [2.75, 3.05) is 13.1 Å². The van der Waals surface area contributed by atoms with Crippen LogP contribution in [0.1, 0.15) is 30.2 Å². The number of sulfonamides is 1. The third-order valence-corrected chi connectivity index (χ3v) is 6.62. The van der Waals surface area contributed by atoms with Crippen LogP contribution in [0.3, 0.4) is 0 Å². The van der Waals surface area contributed by atoms with Gasteiger partial charge in [-0.05, 0) is 44.0 Å². The molecule has 140 valence electrons. The summed E-state index contributed by atoms with van der Waals surface area (Å²) in [5.41, 5.74) is 1.77. The zero-order chi connectivity index (χ0) is 18.9. The highest BCUT2D eigenvalue weighted by molar-refractivity contribution is 7.89. The summed E-state index contributed by atoms with van der Waals surface area (Å²) >= 11 is 0. The second-order valence-electron chi connectivity index (χ2n) is 6.70. The lowest BCUT2D eigenvalue weighted by Crippen LogP contribution is -2.39. The summed E-state index contributed by atoms with van der Waals surface area (Å²) in [5.74, 6) is 0.756. The molecule has 4 rings (SSSR count). The van der Waals surface area contributed by atoms with E-state index < -0.39 is 10.0 Å². The van der Waals surface area contributed by atoms with E-state index in [1.54, 1.807) is 30.6 Å². The van der Waals surface area contributed by atoms with Gasteiger partial charge in [0, 0.05) is 25.5 Å². The van der Waals surface area contributed by atoms with Gasteiger partial charge in [0.15, 0.2) is 0 Å². The molecule has 8 heteroatoms. The molecule has 2 aromatic heterocycles. The Bertz CT molecular complexity index is 1020. The van der Waals surface area contributed by atoms with Crippen LogP contribution in [0.5, 0.6) is 0 Å². The van der Waals surface area contributed by atoms with Crippen LogP contribution in [-0.4, -0.2) is 41.0 Å². The van der Waals surface area contributed by atoms with Crippen molar-refractivity contribution in [2.24, 2.45) is 0 Å². The van der Waals surface area contributed by atoms with Crippen molar-refractivity contribution in [2.45, 2.75) is 30.6 Å². The SMILES string of the molecule is Cc1ccc(S(=O)(=O)N2CCC[C@@H](c3nnc(-c4cccnc4)o3)C2)cc1. The average Bonchev–Trinajstić information content (AvgIpc) is 3.19. The van der Waals surface area contributed by atoms with E-state index in [2.05, 4.69) is 15.2 Å². The Labute approximate surface area is 158 Å². The standard InChI is InChI=1S/C19H20N4O3S/c1-14-6-8-17(9-7-14)27(24,25)23-11-3-5-16(13-23)19-22-21-18(26-19)15-4-2-10-20-12-15/h2,4,6-10,12,16H,3,5,11,13H2,1H3/t16-/m1/s1. The van der Waals surface area contributed by atoms with Crippen molar-refractivity contribution >= 4 is 10.0 Å². The van der Waals surface area contributed by atoms with Crippen molar-refractivity contribution in [3.63, 3.8) is 0 Å². The molecule has 1 fully saturated rings. The number of hydrogen-bond acceptors (Lipinski definition) is 6. The first kappa shape index (κ1) is 17.8. The van der Waals surface area contributed by atoms with Gasteiger partial charge in [-0.3, -0.25) is 4.98 Å². The molecule has 3 aromatic rings. The van der Waals surface area contributed by atoms with Gasteiger partial charge in [0.25, 0.3) is 0 Å². The van der Waals surface area contributed by atoms with E-state index in [1.807, 2.05) is 25.1 Å². The molecule has 0 spiro atoms. The normalized spacial score (nSPS) is 18.5. The predicted molar refractivity (Wildman–Crippen MR) is 99.4 cm³/mol. The smallest absolute Gasteiger partial charge is 0.249 e. The molecule has 0 bridgehead atoms. The van der Waals surface area contributed by atoms with Crippen molar-refractivity contribution < 1.29 is 12.8 Å². The van der Waals surface area contributed by atoms with E-state index in [0.717, 1.165) is 24.0 Å². The van der Waals surface area contributed by atoms with E-state index in [0.29, 0.717) is 29.8 Å². The summed E-state index contributed by atoms with van der Waals surface area (Å²) in [7, 11) is -3.53. The molecular formula is C19H20N4O3S. The molecule has 0 amide bonds. The lowest BCUT2D eigenvalue weighted by Gasteiger charge is -2.30. The van der Waals surface area contributed by atoms with Gasteiger partial charge >= 0.3 is 0 Å². The Kier molecular flexibility index (Phi) is 4.75. The second-order valence-corrected chi connectivity index (χ2v) is 8.64. The summed E-state index contributed by atoms with van der Waals surface area (Å²) in [5, 5.41) is 8.24. The van der Waals surface area contributed by atoms with Crippen LogP contribution in [0.25, 0.3) is 11.5 Å². The number of rotatable bonds is 4. The van der Waals surface area contributed by atoms with Crippen LogP contribution >= 0.6 is 0 Å². The molecule has 1 saturated heterocycles. The van der Waals surface area contributed by atoms with E-state index in [-0.39, 0.29) is 5.92 Å². The number of benzene rings is 1. The highest BCUT2D eigenvalue weighted by Gasteiger charge is 2.33. The van der Waals surface area contributed by atoms with Crippen molar-refractivity contribution in [3.8, 4) is 11.5 Å². The number of aryl methyl sites for hydroxylation is 1. The van der Waals surface area contributed by atoms with E-state index in [9.17, 15) is 8.42 Å². The number of aromatic nitrogens is 3. The Balaban J connectivity index is 1.55. The van der Waals surface area contributed by atoms with Crippen LogP contribution in [-0.2, 0) is 10.0 Å². The minimum absolute atomic E-state index is 0.114. The van der Waals surface area contributed by atoms with Gasteiger partial charge in [-0.15, -0.1) is 10.2 Å². The minimum Gasteiger partial charge on any atom is -0.420 e. The molecule has 7 nitrogen and oxygen atoms in total. The third kappa shape index (κ3) is 3.63. The largest absolute Gasteiger partial charge is 0.420 e. The Morgan fingerprint density at radius 2 is 1.96 bits per heavy atom. The molecule has 3 heterocycles. The van der Waals surface area contributed by atoms with Crippen molar-refractivity contribution in [3.05, 3.63) is 60.2 Å². The fourth-order valence-corrected chi connectivity index (χ4v) is 4.75. The Morgan fingerprint density at radius 1 is 1.15 bits per heavy atom. The summed E-state index contributed by atoms with van der Waals surface area (Å²) in [6.07, 6.45) is 4.90. The number of hydrogen-bond donors (Lipinski definition) is 0. The maximum Gasteiger partial charge on any atom is 0.249 e. The molecule has 0 unspecified atom stereocenters. The molecule has 1 aliphatic heterocycles. The summed E-state index contributed by atoms with van der Waals surface area (Å²) in [4.78, 5) is 4.37. The molecule has 27 heavy (non-hydrogen) atoms. The Morgan fingerprint density at radius 3 is 2.70 bits per heavy atom. The van der Waals surface area contributed by atoms with Crippen LogP contribution in [0.4, 0.5) is 0 Å². The van der Waals surface area contributed by atoms with Gasteiger partial charge in [0.05, 0.1) is 16.4 Å². The first-order chi connectivity index (χ1) is 13.0. The van der Waals surface area contributed by atoms with Gasteiger partial charge in [-0.2, -0.15) is 4.31 Å². The topological polar surface area (TPSA) is 89.2 Å². The van der Waals surface area contributed by atoms with Gasteiger partial charge in [0.2, 0.25) is 21.8 Å². The van der Waals surface area contributed by atoms with Crippen molar-refractivity contribution in [1.29, 1.82) is 0 Å². The van der Waals surface area contributed by atoms with Crippen LogP contribution in [0.15, 0.2) is 58.1 Å². The van der Waals surface area contributed by atoms with Gasteiger partial charge in [-0.1, -0.05) is 17.7 Å². The summed E-state index contributed by atoms with van der Waals surface area (Å²) in [6, 6.07) is 10.6. The average molecular weight is 384 g/mol. The second kappa shape index (κ2) is 7.21. The molecule has 0 N–H and O–H groups in total. The quantitative estimate of drug-likeness (QED) is 0.687. The number of piperidine rings is 1. The summed E-state index contributed by atoms with van der Waals surface area (Å²) < 4.78 is 33.2. The molecule has 1 atom stereocenters. The molecule has 1 aliphatic rings. The first-order valence-corrected chi connectivity index (χ1v) is 10.3. The number of pyridine rings is 1. The maximum atomic E-state index is 13.0. The van der Waals surface area contributed by atoms with Crippen LogP contribution < -0.4 is 0 Å². The summed E-state index contributed by atoms with van der Waals surface area (Å²) in [6.45, 7) is 2.77. The van der Waals surface area contributed by atoms with E-state index in [1.165, 1.54) is 4.31 Å². The van der Waals surface area contributed by atoms with Gasteiger partial charge in [0.1, 0.15) is 0 Å². The lowest BCUT2D eigenvalue weighted by atomic mass is 10.00. The minimum atomic E-state index is -3.53. The number of nitrogens with zero attached hydrogens (tertiary/aromatic N) is 4. The third-order valence-electron chi connectivity index (χ3n) is 4.74. The van der Waals surface area contributed by atoms with Crippen LogP contribution in [0.2, 0.25) is 0 Å². The molecule has 0 radical (unpaired) electrons. The molecular weight excluding hydrogens is 364 g/mol. The molecule has 1 aromatic carbocycles. The highest BCUT2D eigenvalue weighted by Crippen LogP contribution is 2.31. The highest BCUT2D eigenvalue weighted by atomic mass is 32.2. The fraction of sp³-hybridized carbons (Fsp3) is 0.316. The zero-order valence-corrected chi connectivity index (χ0v) is 15.8. The van der Waals surface area contributed by atoms with Gasteiger partial charge < -0.3 is 4.42 Å². The van der Waals surface area contributed by atoms with E-state index >= 15 is 0 Å². The van der Waals surface area contributed by atoms with Gasteiger partial charge in [-0.25, -0.2) is 8.42 Å². The molecule has 0 saturated carbocycles. The Hall–Kier alpha value is -2.58. The lowest BCUT2D eigenvalue weighted by molar-refractivity contribution is 0.286. The van der Waals surface area contributed by atoms with Crippen LogP contribution in [0, 0.1) is 6.92 Å². The first-order valence-electron chi connectivity index (χ1n) is 8.84. The monoisotopic (exact) mass is 384 g/mol. The zero-order valence-electron chi connectivity index (χ0n) is 14.9. The van der Waals surface area contributed by atoms with Crippen molar-refractivity contribution in [1.82, 2.24) is 19.5 Å². The van der Waals surface area contributed by atoms with E-state index in [4.69, 9.17) is 4.42 Å². The molecule has 0 aliphatic carbocycles.